The monoisotopic (exact) mass is 240 g/mol. The smallest absolute Gasteiger partial charge is 0.0759 e. The third kappa shape index (κ3) is 1.58. The van der Waals surface area contributed by atoms with E-state index < -0.39 is 0 Å². The lowest BCUT2D eigenvalue weighted by Gasteiger charge is -2.50. The highest BCUT2D eigenvalue weighted by molar-refractivity contribution is 5.75. The number of rotatable bonds is 2. The summed E-state index contributed by atoms with van der Waals surface area (Å²) in [6, 6.07) is 10.7. The first-order chi connectivity index (χ1) is 8.57. The molecule has 0 heterocycles. The summed E-state index contributed by atoms with van der Waals surface area (Å²) in [5.74, 6) is 0.388. The number of hydrogen-bond acceptors (Lipinski definition) is 1. The van der Waals surface area contributed by atoms with Crippen molar-refractivity contribution >= 4 is 5.57 Å². The Kier molecular flexibility index (Phi) is 2.49. The van der Waals surface area contributed by atoms with E-state index in [1.54, 1.807) is 0 Å². The van der Waals surface area contributed by atoms with Crippen LogP contribution < -0.4 is 0 Å². The zero-order chi connectivity index (χ0) is 12.8. The van der Waals surface area contributed by atoms with Crippen molar-refractivity contribution in [2.45, 2.75) is 25.9 Å². The number of methoxy groups -OCH3 is 1. The summed E-state index contributed by atoms with van der Waals surface area (Å²) in [4.78, 5) is 0. The van der Waals surface area contributed by atoms with E-state index in [4.69, 9.17) is 4.74 Å². The predicted molar refractivity (Wildman–Crippen MR) is 75.2 cm³/mol. The van der Waals surface area contributed by atoms with Gasteiger partial charge in [0, 0.05) is 18.4 Å². The average Bonchev–Trinajstić information content (AvgIpc) is 2.39. The van der Waals surface area contributed by atoms with Crippen LogP contribution in [0.25, 0.3) is 5.57 Å². The van der Waals surface area contributed by atoms with Crippen molar-refractivity contribution in [2.75, 3.05) is 7.11 Å². The first-order valence-electron chi connectivity index (χ1n) is 6.60. The Hall–Kier alpha value is -1.34. The molecule has 1 heteroatoms. The minimum absolute atomic E-state index is 0.0538. The molecule has 18 heavy (non-hydrogen) atoms. The standard InChI is InChI=1S/C17H20O/c1-16-10-9-14(17(2,12-16)18-3)11-15(16)13-7-5-4-6-8-13/h4-11,14H,12H2,1-3H3/t14-,16-,17-/m1/s1. The van der Waals surface area contributed by atoms with Crippen LogP contribution in [0.3, 0.4) is 0 Å². The lowest BCUT2D eigenvalue weighted by atomic mass is 9.59. The van der Waals surface area contributed by atoms with E-state index in [1.165, 1.54) is 11.1 Å². The molecule has 3 aliphatic carbocycles. The van der Waals surface area contributed by atoms with E-state index >= 15 is 0 Å². The van der Waals surface area contributed by atoms with Gasteiger partial charge in [0.2, 0.25) is 0 Å². The van der Waals surface area contributed by atoms with Crippen molar-refractivity contribution in [1.82, 2.24) is 0 Å². The van der Waals surface area contributed by atoms with Gasteiger partial charge in [-0.2, -0.15) is 0 Å². The van der Waals surface area contributed by atoms with Crippen molar-refractivity contribution in [3.8, 4) is 0 Å². The highest BCUT2D eigenvalue weighted by Crippen LogP contribution is 2.54. The summed E-state index contributed by atoms with van der Waals surface area (Å²) in [6.07, 6.45) is 8.11. The van der Waals surface area contributed by atoms with Gasteiger partial charge in [0.05, 0.1) is 5.60 Å². The predicted octanol–water partition coefficient (Wildman–Crippen LogP) is 4.07. The molecule has 0 saturated carbocycles. The Balaban J connectivity index is 2.08. The summed E-state index contributed by atoms with van der Waals surface area (Å²) >= 11 is 0. The molecule has 3 atom stereocenters. The van der Waals surface area contributed by atoms with Gasteiger partial charge in [0.1, 0.15) is 0 Å². The Morgan fingerprint density at radius 3 is 2.50 bits per heavy atom. The van der Waals surface area contributed by atoms with Gasteiger partial charge in [0.25, 0.3) is 0 Å². The van der Waals surface area contributed by atoms with Gasteiger partial charge in [0.15, 0.2) is 0 Å². The topological polar surface area (TPSA) is 9.23 Å². The summed E-state index contributed by atoms with van der Waals surface area (Å²) < 4.78 is 5.77. The molecule has 3 aliphatic rings. The fourth-order valence-corrected chi connectivity index (χ4v) is 3.46. The molecule has 1 nitrogen and oxygen atoms in total. The van der Waals surface area contributed by atoms with E-state index in [9.17, 15) is 0 Å². The number of ether oxygens (including phenoxy) is 1. The maximum Gasteiger partial charge on any atom is 0.0759 e. The van der Waals surface area contributed by atoms with Crippen LogP contribution in [-0.4, -0.2) is 12.7 Å². The van der Waals surface area contributed by atoms with Crippen molar-refractivity contribution in [2.24, 2.45) is 11.3 Å². The lowest BCUT2D eigenvalue weighted by molar-refractivity contribution is -0.0461. The SMILES string of the molecule is CO[C@]1(C)C[C@@]2(C)C=C[C@@H]1C=C2c1ccccc1. The van der Waals surface area contributed by atoms with Crippen LogP contribution in [0, 0.1) is 11.3 Å². The maximum atomic E-state index is 5.77. The highest BCUT2D eigenvalue weighted by Gasteiger charge is 2.48. The molecule has 0 amide bonds. The first kappa shape index (κ1) is 11.7. The number of benzene rings is 1. The first-order valence-corrected chi connectivity index (χ1v) is 6.60. The normalized spacial score (nSPS) is 37.7. The van der Waals surface area contributed by atoms with Crippen LogP contribution in [0.2, 0.25) is 0 Å². The van der Waals surface area contributed by atoms with Crippen LogP contribution in [0.1, 0.15) is 25.8 Å². The van der Waals surface area contributed by atoms with Crippen LogP contribution in [0.5, 0.6) is 0 Å². The molecule has 0 aliphatic heterocycles. The molecule has 4 rings (SSSR count). The van der Waals surface area contributed by atoms with Gasteiger partial charge < -0.3 is 4.74 Å². The Morgan fingerprint density at radius 2 is 1.89 bits per heavy atom. The van der Waals surface area contributed by atoms with Crippen molar-refractivity contribution < 1.29 is 4.74 Å². The summed E-state index contributed by atoms with van der Waals surface area (Å²) in [5.41, 5.74) is 2.83. The van der Waals surface area contributed by atoms with Gasteiger partial charge in [-0.15, -0.1) is 0 Å². The number of allylic oxidation sites excluding steroid dienone is 2. The molecule has 1 aromatic rings. The molecule has 0 N–H and O–H groups in total. The maximum absolute atomic E-state index is 5.77. The molecule has 1 aromatic carbocycles. The van der Waals surface area contributed by atoms with Crippen LogP contribution in [0.4, 0.5) is 0 Å². The quantitative estimate of drug-likeness (QED) is 0.708. The van der Waals surface area contributed by atoms with Gasteiger partial charge in [-0.3, -0.25) is 0 Å². The van der Waals surface area contributed by atoms with E-state index in [-0.39, 0.29) is 11.0 Å². The summed E-state index contributed by atoms with van der Waals surface area (Å²) in [6.45, 7) is 4.53. The van der Waals surface area contributed by atoms with E-state index in [2.05, 4.69) is 62.4 Å². The molecule has 0 aromatic heterocycles. The van der Waals surface area contributed by atoms with Gasteiger partial charge in [-0.1, -0.05) is 55.5 Å². The van der Waals surface area contributed by atoms with Crippen LogP contribution >= 0.6 is 0 Å². The van der Waals surface area contributed by atoms with E-state index in [0.717, 1.165) is 6.42 Å². The number of fused-ring (bicyclic) bond motifs is 1. The zero-order valence-corrected chi connectivity index (χ0v) is 11.3. The lowest BCUT2D eigenvalue weighted by Crippen LogP contribution is -2.46. The zero-order valence-electron chi connectivity index (χ0n) is 11.3. The second kappa shape index (κ2) is 3.83. The second-order valence-corrected chi connectivity index (χ2v) is 5.94. The molecule has 94 valence electrons. The highest BCUT2D eigenvalue weighted by atomic mass is 16.5. The van der Waals surface area contributed by atoms with Crippen LogP contribution in [-0.2, 0) is 4.74 Å². The summed E-state index contributed by atoms with van der Waals surface area (Å²) in [5, 5.41) is 0. The Morgan fingerprint density at radius 1 is 1.17 bits per heavy atom. The van der Waals surface area contributed by atoms with Gasteiger partial charge >= 0.3 is 0 Å². The Bertz CT molecular complexity index is 514. The molecular formula is C17H20O. The minimum Gasteiger partial charge on any atom is -0.378 e. The minimum atomic E-state index is -0.0538. The molecule has 0 radical (unpaired) electrons. The second-order valence-electron chi connectivity index (χ2n) is 5.94. The third-order valence-corrected chi connectivity index (χ3v) is 4.61. The largest absolute Gasteiger partial charge is 0.378 e. The molecule has 2 bridgehead atoms. The van der Waals surface area contributed by atoms with E-state index in [1.807, 2.05) is 7.11 Å². The van der Waals surface area contributed by atoms with Crippen molar-refractivity contribution in [1.29, 1.82) is 0 Å². The van der Waals surface area contributed by atoms with Crippen LogP contribution in [0.15, 0.2) is 48.6 Å². The molecule has 0 spiro atoms. The van der Waals surface area contributed by atoms with E-state index in [0.29, 0.717) is 5.92 Å². The molecular weight excluding hydrogens is 220 g/mol. The van der Waals surface area contributed by atoms with Gasteiger partial charge in [-0.05, 0) is 24.5 Å². The molecule has 0 saturated heterocycles. The number of hydrogen-bond donors (Lipinski definition) is 0. The fourth-order valence-electron chi connectivity index (χ4n) is 3.46. The fraction of sp³-hybridized carbons (Fsp3) is 0.412. The average molecular weight is 240 g/mol. The third-order valence-electron chi connectivity index (χ3n) is 4.61. The van der Waals surface area contributed by atoms with Crippen molar-refractivity contribution in [3.63, 3.8) is 0 Å². The Labute approximate surface area is 109 Å². The molecule has 0 fully saturated rings. The summed E-state index contributed by atoms with van der Waals surface area (Å²) in [7, 11) is 1.83. The molecule has 0 unspecified atom stereocenters. The van der Waals surface area contributed by atoms with Crippen molar-refractivity contribution in [3.05, 3.63) is 54.1 Å². The van der Waals surface area contributed by atoms with Gasteiger partial charge in [-0.25, -0.2) is 0 Å².